The van der Waals surface area contributed by atoms with Crippen LogP contribution in [0.1, 0.15) is 6.42 Å². The molecule has 1 fully saturated rings. The van der Waals surface area contributed by atoms with Gasteiger partial charge in [0.25, 0.3) is 0 Å². The molecule has 1 aromatic heterocycles. The van der Waals surface area contributed by atoms with Crippen molar-refractivity contribution in [2.45, 2.75) is 6.42 Å². The number of nitrogens with one attached hydrogen (secondary N) is 2. The molecule has 0 atom stereocenters. The summed E-state index contributed by atoms with van der Waals surface area (Å²) in [6.07, 6.45) is 5.32. The van der Waals surface area contributed by atoms with Gasteiger partial charge in [-0.2, -0.15) is 0 Å². The van der Waals surface area contributed by atoms with Gasteiger partial charge < -0.3 is 20.4 Å². The van der Waals surface area contributed by atoms with Gasteiger partial charge in [-0.25, -0.2) is 14.8 Å². The van der Waals surface area contributed by atoms with Gasteiger partial charge in [0.2, 0.25) is 11.9 Å². The predicted octanol–water partition coefficient (Wildman–Crippen LogP) is 0.000500. The van der Waals surface area contributed by atoms with Crippen molar-refractivity contribution in [3.63, 3.8) is 0 Å². The van der Waals surface area contributed by atoms with Gasteiger partial charge in [0, 0.05) is 58.1 Å². The summed E-state index contributed by atoms with van der Waals surface area (Å²) < 4.78 is 0. The van der Waals surface area contributed by atoms with E-state index >= 15 is 0 Å². The first-order valence-corrected chi connectivity index (χ1v) is 7.63. The minimum Gasteiger partial charge on any atom is -0.339 e. The number of aromatic nitrogens is 2. The molecule has 2 heterocycles. The van der Waals surface area contributed by atoms with Crippen molar-refractivity contribution in [1.29, 1.82) is 0 Å². The lowest BCUT2D eigenvalue weighted by atomic mass is 10.3. The van der Waals surface area contributed by atoms with Crippen LogP contribution in [0.15, 0.2) is 31.1 Å². The van der Waals surface area contributed by atoms with Crippen molar-refractivity contribution in [3.8, 4) is 0 Å². The second kappa shape index (κ2) is 8.72. The largest absolute Gasteiger partial charge is 0.339 e. The molecule has 2 N–H and O–H groups in total. The molecule has 124 valence electrons. The summed E-state index contributed by atoms with van der Waals surface area (Å²) in [5.41, 5.74) is 0. The maximum atomic E-state index is 12.1. The topological polar surface area (TPSA) is 90.5 Å². The van der Waals surface area contributed by atoms with Crippen LogP contribution in [-0.2, 0) is 4.79 Å². The quantitative estimate of drug-likeness (QED) is 0.721. The summed E-state index contributed by atoms with van der Waals surface area (Å²) in [7, 11) is 0. The van der Waals surface area contributed by atoms with E-state index in [1.165, 1.54) is 0 Å². The van der Waals surface area contributed by atoms with Gasteiger partial charge in [0.05, 0.1) is 0 Å². The zero-order chi connectivity index (χ0) is 16.5. The van der Waals surface area contributed by atoms with Gasteiger partial charge in [-0.15, -0.1) is 6.58 Å². The lowest BCUT2D eigenvalue weighted by Gasteiger charge is -2.34. The fourth-order valence-corrected chi connectivity index (χ4v) is 2.28. The van der Waals surface area contributed by atoms with Crippen LogP contribution in [0.4, 0.5) is 10.7 Å². The number of hydrogen-bond donors (Lipinski definition) is 2. The van der Waals surface area contributed by atoms with Crippen molar-refractivity contribution in [2.75, 3.05) is 44.2 Å². The molecule has 0 bridgehead atoms. The highest BCUT2D eigenvalue weighted by molar-refractivity contribution is 5.78. The van der Waals surface area contributed by atoms with E-state index < -0.39 is 0 Å². The highest BCUT2D eigenvalue weighted by Crippen LogP contribution is 2.10. The summed E-state index contributed by atoms with van der Waals surface area (Å²) in [6, 6.07) is 1.49. The fraction of sp³-hybridized carbons (Fsp3) is 0.467. The second-order valence-corrected chi connectivity index (χ2v) is 5.09. The van der Waals surface area contributed by atoms with E-state index in [9.17, 15) is 9.59 Å². The van der Waals surface area contributed by atoms with E-state index in [-0.39, 0.29) is 11.9 Å². The molecule has 1 aliphatic rings. The average Bonchev–Trinajstić information content (AvgIpc) is 2.60. The van der Waals surface area contributed by atoms with Crippen molar-refractivity contribution in [3.05, 3.63) is 31.1 Å². The average molecular weight is 318 g/mol. The van der Waals surface area contributed by atoms with Crippen LogP contribution < -0.4 is 15.5 Å². The predicted molar refractivity (Wildman–Crippen MR) is 87.0 cm³/mol. The summed E-state index contributed by atoms with van der Waals surface area (Å²) in [5.74, 6) is 0.739. The molecule has 1 aliphatic heterocycles. The molecular formula is C15H22N6O2. The van der Waals surface area contributed by atoms with Crippen LogP contribution >= 0.6 is 0 Å². The number of amides is 3. The maximum Gasteiger partial charge on any atom is 0.315 e. The normalized spacial score (nSPS) is 14.3. The molecular weight excluding hydrogens is 296 g/mol. The molecule has 2 rings (SSSR count). The molecule has 1 aromatic rings. The van der Waals surface area contributed by atoms with Crippen LogP contribution in [0.25, 0.3) is 0 Å². The Morgan fingerprint density at radius 1 is 1.17 bits per heavy atom. The zero-order valence-electron chi connectivity index (χ0n) is 13.1. The highest BCUT2D eigenvalue weighted by atomic mass is 16.2. The zero-order valence-corrected chi connectivity index (χ0v) is 13.1. The Balaban J connectivity index is 1.67. The summed E-state index contributed by atoms with van der Waals surface area (Å²) in [6.45, 7) is 6.94. The van der Waals surface area contributed by atoms with Gasteiger partial charge in [-0.3, -0.25) is 4.79 Å². The molecule has 0 aliphatic carbocycles. The Kier molecular flexibility index (Phi) is 6.34. The molecule has 23 heavy (non-hydrogen) atoms. The van der Waals surface area contributed by atoms with Crippen molar-refractivity contribution in [2.24, 2.45) is 0 Å². The van der Waals surface area contributed by atoms with E-state index in [0.29, 0.717) is 51.6 Å². The van der Waals surface area contributed by atoms with Crippen molar-refractivity contribution >= 4 is 17.9 Å². The number of carbonyl (C=O) groups is 2. The van der Waals surface area contributed by atoms with Gasteiger partial charge >= 0.3 is 6.03 Å². The molecule has 8 nitrogen and oxygen atoms in total. The van der Waals surface area contributed by atoms with E-state index in [0.717, 1.165) is 0 Å². The van der Waals surface area contributed by atoms with Crippen LogP contribution in [0.2, 0.25) is 0 Å². The third-order valence-electron chi connectivity index (χ3n) is 3.50. The number of anilines is 1. The Labute approximate surface area is 135 Å². The third kappa shape index (κ3) is 5.24. The van der Waals surface area contributed by atoms with Crippen molar-refractivity contribution < 1.29 is 9.59 Å². The number of carbonyl (C=O) groups excluding carboxylic acids is 2. The SMILES string of the molecule is C=CCNC(=O)NCCC(=O)N1CCN(c2ncccn2)CC1. The van der Waals surface area contributed by atoms with Crippen LogP contribution in [0, 0.1) is 0 Å². The van der Waals surface area contributed by atoms with E-state index in [4.69, 9.17) is 0 Å². The minimum absolute atomic E-state index is 0.0441. The van der Waals surface area contributed by atoms with Crippen LogP contribution in [0.5, 0.6) is 0 Å². The first-order chi connectivity index (χ1) is 11.2. The van der Waals surface area contributed by atoms with Gasteiger partial charge in [-0.05, 0) is 6.07 Å². The van der Waals surface area contributed by atoms with Gasteiger partial charge in [-0.1, -0.05) is 6.08 Å². The second-order valence-electron chi connectivity index (χ2n) is 5.09. The third-order valence-corrected chi connectivity index (χ3v) is 3.50. The Morgan fingerprint density at radius 3 is 2.52 bits per heavy atom. The fourth-order valence-electron chi connectivity index (χ4n) is 2.28. The first kappa shape index (κ1) is 16.7. The lowest BCUT2D eigenvalue weighted by Crippen LogP contribution is -2.49. The smallest absolute Gasteiger partial charge is 0.315 e. The number of piperazine rings is 1. The summed E-state index contributed by atoms with van der Waals surface area (Å²) in [4.78, 5) is 35.8. The minimum atomic E-state index is -0.288. The molecule has 0 radical (unpaired) electrons. The molecule has 0 unspecified atom stereocenters. The molecule has 0 saturated carbocycles. The number of nitrogens with zero attached hydrogens (tertiary/aromatic N) is 4. The van der Waals surface area contributed by atoms with Crippen molar-refractivity contribution in [1.82, 2.24) is 25.5 Å². The van der Waals surface area contributed by atoms with Gasteiger partial charge in [0.1, 0.15) is 0 Å². The number of rotatable bonds is 6. The van der Waals surface area contributed by atoms with E-state index in [1.54, 1.807) is 24.5 Å². The van der Waals surface area contributed by atoms with E-state index in [1.807, 2.05) is 4.90 Å². The number of urea groups is 1. The Morgan fingerprint density at radius 2 is 1.87 bits per heavy atom. The molecule has 0 aromatic carbocycles. The molecule has 3 amide bonds. The Hall–Kier alpha value is -2.64. The molecule has 1 saturated heterocycles. The molecule has 8 heteroatoms. The lowest BCUT2D eigenvalue weighted by molar-refractivity contribution is -0.131. The van der Waals surface area contributed by atoms with E-state index in [2.05, 4.69) is 32.1 Å². The maximum absolute atomic E-state index is 12.1. The standard InChI is InChI=1S/C15H22N6O2/c1-2-5-18-15(23)19-8-4-13(22)20-9-11-21(12-10-20)14-16-6-3-7-17-14/h2-3,6-7H,1,4-5,8-12H2,(H2,18,19,23). The van der Waals surface area contributed by atoms with Crippen LogP contribution in [0.3, 0.4) is 0 Å². The number of hydrogen-bond acceptors (Lipinski definition) is 5. The summed E-state index contributed by atoms with van der Waals surface area (Å²) in [5, 5.41) is 5.24. The van der Waals surface area contributed by atoms with Crippen LogP contribution in [-0.4, -0.2) is 66.1 Å². The summed E-state index contributed by atoms with van der Waals surface area (Å²) >= 11 is 0. The Bertz CT molecular complexity index is 528. The highest BCUT2D eigenvalue weighted by Gasteiger charge is 2.22. The first-order valence-electron chi connectivity index (χ1n) is 7.63. The van der Waals surface area contributed by atoms with Gasteiger partial charge in [0.15, 0.2) is 0 Å². The molecule has 0 spiro atoms. The monoisotopic (exact) mass is 318 g/mol.